The van der Waals surface area contributed by atoms with E-state index in [0.717, 1.165) is 12.8 Å². The van der Waals surface area contributed by atoms with Crippen molar-refractivity contribution in [1.82, 2.24) is 0 Å². The van der Waals surface area contributed by atoms with Gasteiger partial charge < -0.3 is 15.6 Å². The highest BCUT2D eigenvalue weighted by atomic mass is 16.5. The first kappa shape index (κ1) is 10.6. The minimum Gasteiger partial charge on any atom is -0.394 e. The lowest BCUT2D eigenvalue weighted by molar-refractivity contribution is 0.0152. The van der Waals surface area contributed by atoms with E-state index in [9.17, 15) is 0 Å². The Morgan fingerprint density at radius 3 is 3.00 bits per heavy atom. The lowest BCUT2D eigenvalue weighted by Crippen LogP contribution is -2.31. The number of nitrogens with two attached hydrogens (primary N) is 1. The summed E-state index contributed by atoms with van der Waals surface area (Å²) in [6.07, 6.45) is 1.82. The zero-order valence-corrected chi connectivity index (χ0v) is 8.73. The Hall–Kier alpha value is -0.900. The highest BCUT2D eigenvalue weighted by molar-refractivity contribution is 5.32. The summed E-state index contributed by atoms with van der Waals surface area (Å²) in [7, 11) is 0. The molecular weight excluding hydrogens is 190 g/mol. The third-order valence-electron chi connectivity index (χ3n) is 2.81. The molecule has 1 aromatic rings. The van der Waals surface area contributed by atoms with Crippen LogP contribution in [0.25, 0.3) is 0 Å². The van der Waals surface area contributed by atoms with E-state index < -0.39 is 0 Å². The lowest BCUT2D eigenvalue weighted by atomic mass is 9.86. The van der Waals surface area contributed by atoms with Crippen molar-refractivity contribution in [3.63, 3.8) is 0 Å². The van der Waals surface area contributed by atoms with Crippen LogP contribution in [0.2, 0.25) is 0 Å². The number of aliphatic hydroxyl groups is 1. The van der Waals surface area contributed by atoms with Crippen molar-refractivity contribution >= 4 is 0 Å². The van der Waals surface area contributed by atoms with Gasteiger partial charge in [-0.05, 0) is 24.0 Å². The van der Waals surface area contributed by atoms with Gasteiger partial charge in [-0.25, -0.2) is 0 Å². The summed E-state index contributed by atoms with van der Waals surface area (Å²) in [5.74, 6) is 0. The molecule has 0 spiro atoms. The number of fused-ring (bicyclic) bond motifs is 1. The van der Waals surface area contributed by atoms with Gasteiger partial charge in [0, 0.05) is 6.04 Å². The van der Waals surface area contributed by atoms with E-state index in [4.69, 9.17) is 15.6 Å². The maximum Gasteiger partial charge on any atom is 0.0843 e. The number of benzene rings is 1. The summed E-state index contributed by atoms with van der Waals surface area (Å²) in [6, 6.07) is 8.40. The molecule has 0 fully saturated rings. The Morgan fingerprint density at radius 1 is 1.40 bits per heavy atom. The van der Waals surface area contributed by atoms with Crippen molar-refractivity contribution in [1.29, 1.82) is 0 Å². The van der Waals surface area contributed by atoms with E-state index in [1.54, 1.807) is 0 Å². The molecule has 1 aromatic carbocycles. The average molecular weight is 207 g/mol. The third kappa shape index (κ3) is 2.37. The van der Waals surface area contributed by atoms with Crippen LogP contribution >= 0.6 is 0 Å². The van der Waals surface area contributed by atoms with Crippen molar-refractivity contribution < 1.29 is 9.84 Å². The number of hydrogen-bond acceptors (Lipinski definition) is 3. The molecule has 0 bridgehead atoms. The van der Waals surface area contributed by atoms with Gasteiger partial charge in [0.2, 0.25) is 0 Å². The van der Waals surface area contributed by atoms with Gasteiger partial charge in [-0.1, -0.05) is 24.3 Å². The fourth-order valence-electron chi connectivity index (χ4n) is 2.15. The van der Waals surface area contributed by atoms with E-state index in [1.165, 1.54) is 11.1 Å². The monoisotopic (exact) mass is 207 g/mol. The number of hydrogen-bond donors (Lipinski definition) is 2. The largest absolute Gasteiger partial charge is 0.394 e. The summed E-state index contributed by atoms with van der Waals surface area (Å²) in [4.78, 5) is 0. The second kappa shape index (κ2) is 4.75. The molecule has 15 heavy (non-hydrogen) atoms. The highest BCUT2D eigenvalue weighted by Gasteiger charge is 2.24. The van der Waals surface area contributed by atoms with Crippen molar-refractivity contribution in [3.05, 3.63) is 35.4 Å². The van der Waals surface area contributed by atoms with Gasteiger partial charge in [-0.3, -0.25) is 0 Å². The fraction of sp³-hybridized carbons (Fsp3) is 0.500. The SMILES string of the molecule is N[C@H]1Cc2ccccc2[C@H](OCCO)C1. The summed E-state index contributed by atoms with van der Waals surface area (Å²) >= 11 is 0. The van der Waals surface area contributed by atoms with Gasteiger partial charge in [0.15, 0.2) is 0 Å². The second-order valence-corrected chi connectivity index (χ2v) is 3.98. The maximum atomic E-state index is 8.75. The van der Waals surface area contributed by atoms with Crippen LogP contribution < -0.4 is 5.73 Å². The van der Waals surface area contributed by atoms with Crippen LogP contribution in [0.15, 0.2) is 24.3 Å². The van der Waals surface area contributed by atoms with E-state index in [2.05, 4.69) is 12.1 Å². The molecule has 0 saturated carbocycles. The van der Waals surface area contributed by atoms with Crippen LogP contribution in [-0.4, -0.2) is 24.4 Å². The molecule has 0 unspecified atom stereocenters. The molecule has 0 amide bonds. The summed E-state index contributed by atoms with van der Waals surface area (Å²) in [6.45, 7) is 0.444. The fourth-order valence-corrected chi connectivity index (χ4v) is 2.15. The van der Waals surface area contributed by atoms with Crippen LogP contribution in [0.1, 0.15) is 23.7 Å². The van der Waals surface area contributed by atoms with Crippen molar-refractivity contribution in [2.24, 2.45) is 5.73 Å². The van der Waals surface area contributed by atoms with Gasteiger partial charge in [0.25, 0.3) is 0 Å². The summed E-state index contributed by atoms with van der Waals surface area (Å²) in [5.41, 5.74) is 8.48. The molecule has 1 aliphatic rings. The molecule has 1 aliphatic carbocycles. The van der Waals surface area contributed by atoms with Gasteiger partial charge >= 0.3 is 0 Å². The molecule has 3 N–H and O–H groups in total. The number of ether oxygens (including phenoxy) is 1. The van der Waals surface area contributed by atoms with Gasteiger partial charge in [-0.2, -0.15) is 0 Å². The molecule has 0 heterocycles. The Morgan fingerprint density at radius 2 is 2.20 bits per heavy atom. The number of aliphatic hydroxyl groups excluding tert-OH is 1. The first-order valence-electron chi connectivity index (χ1n) is 5.37. The smallest absolute Gasteiger partial charge is 0.0843 e. The first-order chi connectivity index (χ1) is 7.31. The van der Waals surface area contributed by atoms with Gasteiger partial charge in [-0.15, -0.1) is 0 Å². The molecular formula is C12H17NO2. The second-order valence-electron chi connectivity index (χ2n) is 3.98. The Labute approximate surface area is 89.9 Å². The third-order valence-corrected chi connectivity index (χ3v) is 2.81. The van der Waals surface area contributed by atoms with E-state index in [0.29, 0.717) is 6.61 Å². The zero-order valence-electron chi connectivity index (χ0n) is 8.73. The summed E-state index contributed by atoms with van der Waals surface area (Å²) in [5, 5.41) is 8.75. The topological polar surface area (TPSA) is 55.5 Å². The Bertz CT molecular complexity index is 327. The Balaban J connectivity index is 2.18. The average Bonchev–Trinajstić information content (AvgIpc) is 2.25. The van der Waals surface area contributed by atoms with E-state index in [1.807, 2.05) is 12.1 Å². The summed E-state index contributed by atoms with van der Waals surface area (Å²) < 4.78 is 5.60. The van der Waals surface area contributed by atoms with Crippen molar-refractivity contribution in [2.45, 2.75) is 25.0 Å². The molecule has 3 heteroatoms. The first-order valence-corrected chi connectivity index (χ1v) is 5.37. The molecule has 2 atom stereocenters. The zero-order chi connectivity index (χ0) is 10.7. The predicted molar refractivity (Wildman–Crippen MR) is 58.5 cm³/mol. The molecule has 0 radical (unpaired) electrons. The van der Waals surface area contributed by atoms with Crippen molar-refractivity contribution in [3.8, 4) is 0 Å². The molecule has 3 nitrogen and oxygen atoms in total. The maximum absolute atomic E-state index is 8.75. The molecule has 0 aromatic heterocycles. The molecule has 82 valence electrons. The van der Waals surface area contributed by atoms with E-state index >= 15 is 0 Å². The normalized spacial score (nSPS) is 24.9. The van der Waals surface area contributed by atoms with Crippen LogP contribution in [0.3, 0.4) is 0 Å². The molecule has 2 rings (SSSR count). The van der Waals surface area contributed by atoms with E-state index in [-0.39, 0.29) is 18.8 Å². The van der Waals surface area contributed by atoms with Crippen LogP contribution in [0.5, 0.6) is 0 Å². The standard InChI is InChI=1S/C12H17NO2/c13-10-7-9-3-1-2-4-11(9)12(8-10)15-6-5-14/h1-4,10,12,14H,5-8,13H2/t10-,12+/m0/s1. The van der Waals surface area contributed by atoms with Crippen LogP contribution in [0.4, 0.5) is 0 Å². The van der Waals surface area contributed by atoms with Crippen LogP contribution in [-0.2, 0) is 11.2 Å². The lowest BCUT2D eigenvalue weighted by Gasteiger charge is -2.29. The molecule has 0 saturated heterocycles. The minimum absolute atomic E-state index is 0.0529. The highest BCUT2D eigenvalue weighted by Crippen LogP contribution is 2.31. The quantitative estimate of drug-likeness (QED) is 0.777. The molecule has 0 aliphatic heterocycles. The van der Waals surface area contributed by atoms with Crippen LogP contribution in [0, 0.1) is 0 Å². The van der Waals surface area contributed by atoms with Gasteiger partial charge in [0.1, 0.15) is 0 Å². The predicted octanol–water partition coefficient (Wildman–Crippen LogP) is 1.01. The van der Waals surface area contributed by atoms with Gasteiger partial charge in [0.05, 0.1) is 19.3 Å². The minimum atomic E-state index is 0.0529. The Kier molecular flexibility index (Phi) is 3.36. The van der Waals surface area contributed by atoms with Crippen molar-refractivity contribution in [2.75, 3.05) is 13.2 Å². The number of rotatable bonds is 3.